The monoisotopic (exact) mass is 275 g/mol. The van der Waals surface area contributed by atoms with E-state index in [2.05, 4.69) is 23.2 Å². The van der Waals surface area contributed by atoms with Gasteiger partial charge in [-0.15, -0.1) is 5.11 Å². The van der Waals surface area contributed by atoms with Gasteiger partial charge in [0.05, 0.1) is 11.4 Å². The van der Waals surface area contributed by atoms with Gasteiger partial charge < -0.3 is 5.73 Å². The van der Waals surface area contributed by atoms with Gasteiger partial charge in [0.15, 0.2) is 0 Å². The molecular weight excluding hydrogens is 258 g/mol. The fourth-order valence-electron chi connectivity index (χ4n) is 2.41. The number of nitrogens with zero attached hydrogens (tertiary/aromatic N) is 2. The van der Waals surface area contributed by atoms with Crippen LogP contribution in [0.1, 0.15) is 11.1 Å². The molecule has 0 bridgehead atoms. The molecule has 0 saturated carbocycles. The van der Waals surface area contributed by atoms with E-state index >= 15 is 0 Å². The van der Waals surface area contributed by atoms with Gasteiger partial charge in [-0.3, -0.25) is 0 Å². The number of aryl methyl sites for hydroxylation is 2. The van der Waals surface area contributed by atoms with Crippen molar-refractivity contribution < 1.29 is 0 Å². The molecule has 0 radical (unpaired) electrons. The van der Waals surface area contributed by atoms with E-state index in [0.717, 1.165) is 27.7 Å². The van der Waals surface area contributed by atoms with Crippen LogP contribution in [0.15, 0.2) is 64.8 Å². The first kappa shape index (κ1) is 13.3. The average molecular weight is 275 g/mol. The SMILES string of the molecule is Cc1ccc(N=Nc2c(N)ccc3ccccc23)c(C)c1. The first-order chi connectivity index (χ1) is 10.1. The highest BCUT2D eigenvalue weighted by Crippen LogP contribution is 2.33. The maximum Gasteiger partial charge on any atom is 0.116 e. The number of nitrogens with two attached hydrogens (primary N) is 1. The van der Waals surface area contributed by atoms with E-state index in [0.29, 0.717) is 5.69 Å². The van der Waals surface area contributed by atoms with Gasteiger partial charge in [0.25, 0.3) is 0 Å². The minimum Gasteiger partial charge on any atom is -0.397 e. The zero-order chi connectivity index (χ0) is 14.8. The number of fused-ring (bicyclic) bond motifs is 1. The van der Waals surface area contributed by atoms with Gasteiger partial charge in [0.2, 0.25) is 0 Å². The minimum absolute atomic E-state index is 0.641. The first-order valence-corrected chi connectivity index (χ1v) is 6.91. The second-order valence-corrected chi connectivity index (χ2v) is 5.21. The summed E-state index contributed by atoms with van der Waals surface area (Å²) in [4.78, 5) is 0. The number of azo groups is 1. The molecule has 2 N–H and O–H groups in total. The quantitative estimate of drug-likeness (QED) is 0.490. The van der Waals surface area contributed by atoms with E-state index in [9.17, 15) is 0 Å². The normalized spacial score (nSPS) is 11.3. The van der Waals surface area contributed by atoms with E-state index in [1.54, 1.807) is 0 Å². The Morgan fingerprint density at radius 1 is 0.857 bits per heavy atom. The van der Waals surface area contributed by atoms with Crippen LogP contribution in [0, 0.1) is 13.8 Å². The number of anilines is 1. The predicted octanol–water partition coefficient (Wildman–Crippen LogP) is 5.45. The predicted molar refractivity (Wildman–Crippen MR) is 88.5 cm³/mol. The number of rotatable bonds is 2. The van der Waals surface area contributed by atoms with Crippen molar-refractivity contribution in [1.82, 2.24) is 0 Å². The van der Waals surface area contributed by atoms with Crippen molar-refractivity contribution in [2.45, 2.75) is 13.8 Å². The average Bonchev–Trinajstić information content (AvgIpc) is 2.48. The van der Waals surface area contributed by atoms with Crippen molar-refractivity contribution in [2.24, 2.45) is 10.2 Å². The van der Waals surface area contributed by atoms with E-state index in [1.807, 2.05) is 55.5 Å². The van der Waals surface area contributed by atoms with Crippen molar-refractivity contribution in [2.75, 3.05) is 5.73 Å². The van der Waals surface area contributed by atoms with E-state index in [1.165, 1.54) is 5.56 Å². The fraction of sp³-hybridized carbons (Fsp3) is 0.111. The van der Waals surface area contributed by atoms with Gasteiger partial charge in [-0.25, -0.2) is 0 Å². The summed E-state index contributed by atoms with van der Waals surface area (Å²) >= 11 is 0. The Labute approximate surface area is 124 Å². The lowest BCUT2D eigenvalue weighted by Crippen LogP contribution is -1.86. The highest BCUT2D eigenvalue weighted by molar-refractivity contribution is 5.97. The Kier molecular flexibility index (Phi) is 3.40. The molecule has 0 saturated heterocycles. The van der Waals surface area contributed by atoms with Gasteiger partial charge in [0, 0.05) is 5.39 Å². The van der Waals surface area contributed by atoms with Crippen LogP contribution in [0.3, 0.4) is 0 Å². The smallest absolute Gasteiger partial charge is 0.116 e. The molecule has 3 aromatic rings. The number of benzene rings is 3. The molecule has 0 fully saturated rings. The molecule has 0 heterocycles. The molecule has 21 heavy (non-hydrogen) atoms. The van der Waals surface area contributed by atoms with Crippen LogP contribution < -0.4 is 5.73 Å². The maximum atomic E-state index is 6.06. The second kappa shape index (κ2) is 5.37. The second-order valence-electron chi connectivity index (χ2n) is 5.21. The van der Waals surface area contributed by atoms with Gasteiger partial charge in [-0.05, 0) is 36.9 Å². The van der Waals surface area contributed by atoms with E-state index < -0.39 is 0 Å². The summed E-state index contributed by atoms with van der Waals surface area (Å²) in [7, 11) is 0. The van der Waals surface area contributed by atoms with E-state index in [-0.39, 0.29) is 0 Å². The summed E-state index contributed by atoms with van der Waals surface area (Å²) in [6.07, 6.45) is 0. The summed E-state index contributed by atoms with van der Waals surface area (Å²) in [5.74, 6) is 0. The molecular formula is C18H17N3. The topological polar surface area (TPSA) is 50.7 Å². The number of nitrogen functional groups attached to an aromatic ring is 1. The molecule has 0 aliphatic heterocycles. The molecule has 104 valence electrons. The fourth-order valence-corrected chi connectivity index (χ4v) is 2.41. The van der Waals surface area contributed by atoms with Gasteiger partial charge in [-0.1, -0.05) is 48.0 Å². The summed E-state index contributed by atoms with van der Waals surface area (Å²) < 4.78 is 0. The van der Waals surface area contributed by atoms with Crippen molar-refractivity contribution in [3.8, 4) is 0 Å². The summed E-state index contributed by atoms with van der Waals surface area (Å²) in [6, 6.07) is 18.0. The van der Waals surface area contributed by atoms with Crippen LogP contribution in [0.2, 0.25) is 0 Å². The molecule has 0 aliphatic rings. The Morgan fingerprint density at radius 2 is 1.67 bits per heavy atom. The standard InChI is InChI=1S/C18H17N3/c1-12-7-10-17(13(2)11-12)20-21-18-15-6-4-3-5-14(15)8-9-16(18)19/h3-11H,19H2,1-2H3. The van der Waals surface area contributed by atoms with Crippen LogP contribution in [0.25, 0.3) is 10.8 Å². The Balaban J connectivity index is 2.09. The lowest BCUT2D eigenvalue weighted by Gasteiger charge is -2.05. The first-order valence-electron chi connectivity index (χ1n) is 6.91. The van der Waals surface area contributed by atoms with Gasteiger partial charge in [-0.2, -0.15) is 5.11 Å². The molecule has 3 aromatic carbocycles. The van der Waals surface area contributed by atoms with E-state index in [4.69, 9.17) is 5.73 Å². The Morgan fingerprint density at radius 3 is 2.48 bits per heavy atom. The third-order valence-corrected chi connectivity index (χ3v) is 3.54. The lowest BCUT2D eigenvalue weighted by molar-refractivity contribution is 1.21. The maximum absolute atomic E-state index is 6.06. The molecule has 0 aliphatic carbocycles. The van der Waals surface area contributed by atoms with Crippen LogP contribution in [0.5, 0.6) is 0 Å². The third kappa shape index (κ3) is 2.63. The zero-order valence-electron chi connectivity index (χ0n) is 12.2. The molecule has 3 nitrogen and oxygen atoms in total. The largest absolute Gasteiger partial charge is 0.397 e. The summed E-state index contributed by atoms with van der Waals surface area (Å²) in [5, 5.41) is 10.9. The van der Waals surface area contributed by atoms with Crippen LogP contribution in [-0.4, -0.2) is 0 Å². The molecule has 0 amide bonds. The third-order valence-electron chi connectivity index (χ3n) is 3.54. The zero-order valence-corrected chi connectivity index (χ0v) is 12.2. The summed E-state index contributed by atoms with van der Waals surface area (Å²) in [6.45, 7) is 4.10. The van der Waals surface area contributed by atoms with Gasteiger partial charge >= 0.3 is 0 Å². The Bertz CT molecular complexity index is 835. The van der Waals surface area contributed by atoms with Gasteiger partial charge in [0.1, 0.15) is 5.69 Å². The van der Waals surface area contributed by atoms with Crippen molar-refractivity contribution in [3.05, 3.63) is 65.7 Å². The van der Waals surface area contributed by atoms with Crippen molar-refractivity contribution in [3.63, 3.8) is 0 Å². The Hall–Kier alpha value is -2.68. The van der Waals surface area contributed by atoms with Crippen molar-refractivity contribution in [1.29, 1.82) is 0 Å². The van der Waals surface area contributed by atoms with Crippen LogP contribution in [0.4, 0.5) is 17.1 Å². The lowest BCUT2D eigenvalue weighted by atomic mass is 10.1. The molecule has 0 unspecified atom stereocenters. The van der Waals surface area contributed by atoms with Crippen LogP contribution in [-0.2, 0) is 0 Å². The molecule has 3 heteroatoms. The molecule has 3 rings (SSSR count). The molecule has 0 spiro atoms. The van der Waals surface area contributed by atoms with Crippen LogP contribution >= 0.6 is 0 Å². The summed E-state index contributed by atoms with van der Waals surface area (Å²) in [5.41, 5.74) is 10.6. The van der Waals surface area contributed by atoms with Crippen molar-refractivity contribution >= 4 is 27.8 Å². The highest BCUT2D eigenvalue weighted by Gasteiger charge is 2.04. The molecule has 0 aromatic heterocycles. The highest BCUT2D eigenvalue weighted by atomic mass is 15.1. The minimum atomic E-state index is 0.641. The number of hydrogen-bond donors (Lipinski definition) is 1. The number of hydrogen-bond acceptors (Lipinski definition) is 3. The molecule has 0 atom stereocenters.